The number of hydrogen-bond acceptors (Lipinski definition) is 4. The topological polar surface area (TPSA) is 85.1 Å². The summed E-state index contributed by atoms with van der Waals surface area (Å²) < 4.78 is 27.3. The molecular weight excluding hydrogens is 274 g/mol. The number of hydrogen-bond donors (Lipinski definition) is 2. The van der Waals surface area contributed by atoms with Crippen LogP contribution in [0.2, 0.25) is 0 Å². The lowest BCUT2D eigenvalue weighted by atomic mass is 10.1. The van der Waals surface area contributed by atoms with E-state index in [2.05, 4.69) is 9.71 Å². The molecule has 1 unspecified atom stereocenters. The van der Waals surface area contributed by atoms with Gasteiger partial charge in [0.05, 0.1) is 10.4 Å². The van der Waals surface area contributed by atoms with E-state index in [0.717, 1.165) is 0 Å². The van der Waals surface area contributed by atoms with Crippen molar-refractivity contribution in [3.05, 3.63) is 36.5 Å². The molecule has 20 heavy (non-hydrogen) atoms. The van der Waals surface area contributed by atoms with E-state index in [4.69, 9.17) is 5.73 Å². The third-order valence-electron chi connectivity index (χ3n) is 3.26. The van der Waals surface area contributed by atoms with Crippen molar-refractivity contribution in [1.29, 1.82) is 0 Å². The van der Waals surface area contributed by atoms with Gasteiger partial charge >= 0.3 is 0 Å². The highest BCUT2D eigenvalue weighted by Gasteiger charge is 2.19. The van der Waals surface area contributed by atoms with Crippen LogP contribution in [0.3, 0.4) is 0 Å². The number of rotatable bonds is 5. The molecule has 0 bridgehead atoms. The van der Waals surface area contributed by atoms with Crippen molar-refractivity contribution in [3.63, 3.8) is 0 Å². The lowest BCUT2D eigenvalue weighted by Gasteiger charge is -2.16. The molecule has 1 heterocycles. The Morgan fingerprint density at radius 3 is 2.70 bits per heavy atom. The molecule has 1 atom stereocenters. The molecule has 2 aromatic rings. The Morgan fingerprint density at radius 2 is 2.00 bits per heavy atom. The second-order valence-electron chi connectivity index (χ2n) is 5.09. The highest BCUT2D eigenvalue weighted by atomic mass is 32.2. The fourth-order valence-electron chi connectivity index (χ4n) is 1.83. The standard InChI is InChI=1S/C14H19N3O2S/c1-10(2)12(15)9-17-20(18,19)14-7-3-6-13-11(14)5-4-8-16-13/h3-8,10,12,17H,9,15H2,1-2H3. The Labute approximate surface area is 119 Å². The Kier molecular flexibility index (Phi) is 4.37. The Hall–Kier alpha value is -1.50. The first-order valence-electron chi connectivity index (χ1n) is 6.51. The molecule has 0 spiro atoms. The van der Waals surface area contributed by atoms with Gasteiger partial charge in [-0.15, -0.1) is 0 Å². The summed E-state index contributed by atoms with van der Waals surface area (Å²) in [5, 5.41) is 0.612. The summed E-state index contributed by atoms with van der Waals surface area (Å²) in [5.74, 6) is 0.215. The van der Waals surface area contributed by atoms with Gasteiger partial charge in [0.1, 0.15) is 0 Å². The summed E-state index contributed by atoms with van der Waals surface area (Å²) in [7, 11) is -3.59. The number of nitrogens with one attached hydrogen (secondary N) is 1. The summed E-state index contributed by atoms with van der Waals surface area (Å²) >= 11 is 0. The van der Waals surface area contributed by atoms with Gasteiger partial charge in [0.15, 0.2) is 0 Å². The van der Waals surface area contributed by atoms with Gasteiger partial charge in [-0.3, -0.25) is 4.98 Å². The number of aromatic nitrogens is 1. The summed E-state index contributed by atoms with van der Waals surface area (Å²) in [6.07, 6.45) is 1.64. The third-order valence-corrected chi connectivity index (χ3v) is 4.74. The van der Waals surface area contributed by atoms with Crippen LogP contribution in [0.5, 0.6) is 0 Å². The quantitative estimate of drug-likeness (QED) is 0.874. The van der Waals surface area contributed by atoms with E-state index in [1.807, 2.05) is 13.8 Å². The molecule has 108 valence electrons. The van der Waals surface area contributed by atoms with Crippen molar-refractivity contribution in [2.45, 2.75) is 24.8 Å². The monoisotopic (exact) mass is 293 g/mol. The molecule has 3 N–H and O–H groups in total. The summed E-state index contributed by atoms with van der Waals surface area (Å²) in [6, 6.07) is 8.31. The molecule has 0 amide bonds. The van der Waals surface area contributed by atoms with E-state index >= 15 is 0 Å². The maximum Gasteiger partial charge on any atom is 0.241 e. The van der Waals surface area contributed by atoms with E-state index in [0.29, 0.717) is 10.9 Å². The van der Waals surface area contributed by atoms with E-state index in [1.165, 1.54) is 0 Å². The molecule has 6 heteroatoms. The van der Waals surface area contributed by atoms with E-state index in [9.17, 15) is 8.42 Å². The zero-order valence-corrected chi connectivity index (χ0v) is 12.4. The molecule has 1 aromatic heterocycles. The minimum absolute atomic E-state index is 0.210. The van der Waals surface area contributed by atoms with Crippen molar-refractivity contribution in [3.8, 4) is 0 Å². The summed E-state index contributed by atoms with van der Waals surface area (Å²) in [6.45, 7) is 4.14. The number of nitrogens with zero attached hydrogens (tertiary/aromatic N) is 1. The SMILES string of the molecule is CC(C)C(N)CNS(=O)(=O)c1cccc2ncccc12. The van der Waals surface area contributed by atoms with Gasteiger partial charge in [0, 0.05) is 24.2 Å². The van der Waals surface area contributed by atoms with Crippen LogP contribution in [-0.2, 0) is 10.0 Å². The number of benzene rings is 1. The second-order valence-corrected chi connectivity index (χ2v) is 6.82. The average Bonchev–Trinajstić information content (AvgIpc) is 2.44. The van der Waals surface area contributed by atoms with Crippen molar-refractivity contribution in [2.75, 3.05) is 6.54 Å². The zero-order valence-electron chi connectivity index (χ0n) is 11.6. The molecule has 0 saturated carbocycles. The lowest BCUT2D eigenvalue weighted by molar-refractivity contribution is 0.481. The van der Waals surface area contributed by atoms with Gasteiger partial charge in [-0.1, -0.05) is 19.9 Å². The predicted molar refractivity (Wildman–Crippen MR) is 79.7 cm³/mol. The van der Waals surface area contributed by atoms with Crippen LogP contribution in [-0.4, -0.2) is 26.0 Å². The fraction of sp³-hybridized carbons (Fsp3) is 0.357. The number of nitrogens with two attached hydrogens (primary N) is 1. The normalized spacial score (nSPS) is 13.8. The predicted octanol–water partition coefficient (Wildman–Crippen LogP) is 1.50. The van der Waals surface area contributed by atoms with Gasteiger partial charge in [0.2, 0.25) is 10.0 Å². The number of pyridine rings is 1. The van der Waals surface area contributed by atoms with Crippen LogP contribution in [0.25, 0.3) is 10.9 Å². The highest BCUT2D eigenvalue weighted by molar-refractivity contribution is 7.89. The largest absolute Gasteiger partial charge is 0.326 e. The molecule has 2 rings (SSSR count). The van der Waals surface area contributed by atoms with Gasteiger partial charge in [-0.05, 0) is 30.2 Å². The second kappa shape index (κ2) is 5.87. The highest BCUT2D eigenvalue weighted by Crippen LogP contribution is 2.20. The Balaban J connectivity index is 2.33. The molecule has 0 aliphatic carbocycles. The molecule has 0 aliphatic rings. The van der Waals surface area contributed by atoms with Crippen molar-refractivity contribution < 1.29 is 8.42 Å². The zero-order chi connectivity index (χ0) is 14.8. The first-order valence-corrected chi connectivity index (χ1v) is 7.99. The minimum Gasteiger partial charge on any atom is -0.326 e. The third kappa shape index (κ3) is 3.15. The molecule has 5 nitrogen and oxygen atoms in total. The molecule has 0 saturated heterocycles. The molecule has 1 aromatic carbocycles. The molecule has 0 radical (unpaired) electrons. The Morgan fingerprint density at radius 1 is 1.25 bits per heavy atom. The van der Waals surface area contributed by atoms with E-state index in [1.54, 1.807) is 36.5 Å². The molecular formula is C14H19N3O2S. The van der Waals surface area contributed by atoms with Crippen LogP contribution in [0.15, 0.2) is 41.4 Å². The smallest absolute Gasteiger partial charge is 0.241 e. The first-order chi connectivity index (χ1) is 9.42. The maximum absolute atomic E-state index is 12.4. The van der Waals surface area contributed by atoms with Gasteiger partial charge in [-0.25, -0.2) is 13.1 Å². The van der Waals surface area contributed by atoms with E-state index < -0.39 is 10.0 Å². The summed E-state index contributed by atoms with van der Waals surface area (Å²) in [4.78, 5) is 4.40. The van der Waals surface area contributed by atoms with Gasteiger partial charge in [-0.2, -0.15) is 0 Å². The van der Waals surface area contributed by atoms with Crippen LogP contribution >= 0.6 is 0 Å². The van der Waals surface area contributed by atoms with Crippen LogP contribution in [0, 0.1) is 5.92 Å². The fourth-order valence-corrected chi connectivity index (χ4v) is 3.12. The number of fused-ring (bicyclic) bond motifs is 1. The maximum atomic E-state index is 12.4. The summed E-state index contributed by atoms with van der Waals surface area (Å²) in [5.41, 5.74) is 6.53. The van der Waals surface area contributed by atoms with Gasteiger partial charge < -0.3 is 5.73 Å². The van der Waals surface area contributed by atoms with Crippen molar-refractivity contribution in [1.82, 2.24) is 9.71 Å². The van der Waals surface area contributed by atoms with E-state index in [-0.39, 0.29) is 23.4 Å². The molecule has 0 fully saturated rings. The lowest BCUT2D eigenvalue weighted by Crippen LogP contribution is -2.40. The number of sulfonamides is 1. The van der Waals surface area contributed by atoms with Crippen molar-refractivity contribution in [2.24, 2.45) is 11.7 Å². The van der Waals surface area contributed by atoms with Crippen LogP contribution in [0.1, 0.15) is 13.8 Å². The van der Waals surface area contributed by atoms with Crippen LogP contribution in [0.4, 0.5) is 0 Å². The first kappa shape index (κ1) is 14.9. The van der Waals surface area contributed by atoms with Gasteiger partial charge in [0.25, 0.3) is 0 Å². The van der Waals surface area contributed by atoms with Crippen molar-refractivity contribution >= 4 is 20.9 Å². The molecule has 0 aliphatic heterocycles. The minimum atomic E-state index is -3.59. The average molecular weight is 293 g/mol. The van der Waals surface area contributed by atoms with Crippen LogP contribution < -0.4 is 10.5 Å². The Bertz CT molecular complexity index is 693.